The summed E-state index contributed by atoms with van der Waals surface area (Å²) in [7, 11) is 0. The van der Waals surface area contributed by atoms with Gasteiger partial charge in [0, 0.05) is 10.3 Å². The molecule has 1 aromatic heterocycles. The number of benzene rings is 1. The van der Waals surface area contributed by atoms with Crippen LogP contribution in [0.25, 0.3) is 0 Å². The molecule has 0 aliphatic rings. The lowest BCUT2D eigenvalue weighted by molar-refractivity contribution is 0.896. The van der Waals surface area contributed by atoms with Gasteiger partial charge in [0.05, 0.1) is 11.9 Å². The Balaban J connectivity index is 1.83. The van der Waals surface area contributed by atoms with E-state index in [2.05, 4.69) is 46.7 Å². The molecular weight excluding hydrogens is 286 g/mol. The Morgan fingerprint density at radius 1 is 1.35 bits per heavy atom. The van der Waals surface area contributed by atoms with Gasteiger partial charge in [-0.2, -0.15) is 5.10 Å². The van der Waals surface area contributed by atoms with E-state index >= 15 is 0 Å². The van der Waals surface area contributed by atoms with Crippen molar-refractivity contribution in [2.45, 2.75) is 31.6 Å². The first kappa shape index (κ1) is 15.1. The number of anilines is 1. The van der Waals surface area contributed by atoms with Crippen LogP contribution in [0.3, 0.4) is 0 Å². The third-order valence-corrected chi connectivity index (χ3v) is 4.60. The molecule has 0 saturated heterocycles. The molecule has 1 aromatic carbocycles. The summed E-state index contributed by atoms with van der Waals surface area (Å²) in [5.41, 5.74) is 5.05. The smallest absolute Gasteiger partial charge is 0.203 e. The molecule has 0 aliphatic heterocycles. The van der Waals surface area contributed by atoms with Gasteiger partial charge in [0.2, 0.25) is 5.13 Å². The Kier molecular flexibility index (Phi) is 6.08. The molecule has 0 amide bonds. The fourth-order valence-corrected chi connectivity index (χ4v) is 3.19. The van der Waals surface area contributed by atoms with Crippen LogP contribution < -0.4 is 5.43 Å². The number of hydrazone groups is 1. The molecule has 1 N–H and O–H groups in total. The first-order chi connectivity index (χ1) is 9.78. The van der Waals surface area contributed by atoms with Crippen LogP contribution in [0.1, 0.15) is 31.0 Å². The van der Waals surface area contributed by atoms with Gasteiger partial charge in [0.1, 0.15) is 0 Å². The number of hydrogen-bond acceptors (Lipinski definition) is 5. The molecule has 0 bridgehead atoms. The zero-order valence-corrected chi connectivity index (χ0v) is 13.4. The monoisotopic (exact) mass is 305 g/mol. The number of unbranched alkanes of at least 4 members (excludes halogenated alkanes) is 1. The molecule has 0 fully saturated rings. The van der Waals surface area contributed by atoms with Crippen LogP contribution in [0.5, 0.6) is 0 Å². The van der Waals surface area contributed by atoms with Gasteiger partial charge in [-0.3, -0.25) is 5.43 Å². The number of nitrogens with zero attached hydrogens (tertiary/aromatic N) is 2. The zero-order valence-electron chi connectivity index (χ0n) is 11.8. The number of hydrogen-bond donors (Lipinski definition) is 1. The number of aryl methyl sites for hydroxylation is 1. The summed E-state index contributed by atoms with van der Waals surface area (Å²) in [5.74, 6) is 1.19. The molecule has 5 heteroatoms. The van der Waals surface area contributed by atoms with E-state index < -0.39 is 0 Å². The lowest BCUT2D eigenvalue weighted by Crippen LogP contribution is -1.90. The van der Waals surface area contributed by atoms with Gasteiger partial charge in [-0.05, 0) is 36.8 Å². The van der Waals surface area contributed by atoms with Crippen molar-refractivity contribution in [1.29, 1.82) is 0 Å². The van der Waals surface area contributed by atoms with E-state index in [9.17, 15) is 0 Å². The van der Waals surface area contributed by atoms with Crippen LogP contribution >= 0.6 is 23.1 Å². The Labute approximate surface area is 128 Å². The molecule has 3 nitrogen and oxygen atoms in total. The second-order valence-electron chi connectivity index (χ2n) is 4.44. The summed E-state index contributed by atoms with van der Waals surface area (Å²) in [4.78, 5) is 5.61. The third-order valence-electron chi connectivity index (χ3n) is 2.64. The highest BCUT2D eigenvalue weighted by Crippen LogP contribution is 2.19. The second kappa shape index (κ2) is 8.07. The van der Waals surface area contributed by atoms with Gasteiger partial charge in [-0.15, -0.1) is 23.1 Å². The van der Waals surface area contributed by atoms with E-state index in [-0.39, 0.29) is 0 Å². The quantitative estimate of drug-likeness (QED) is 0.346. The van der Waals surface area contributed by atoms with E-state index in [1.807, 2.05) is 30.3 Å². The fraction of sp³-hybridized carbons (Fsp3) is 0.333. The molecular formula is C15H19N3S2. The van der Waals surface area contributed by atoms with Crippen LogP contribution in [-0.4, -0.2) is 17.0 Å². The largest absolute Gasteiger partial charge is 0.253 e. The number of thiazole rings is 1. The topological polar surface area (TPSA) is 37.3 Å². The Morgan fingerprint density at radius 3 is 2.80 bits per heavy atom. The van der Waals surface area contributed by atoms with Gasteiger partial charge in [-0.25, -0.2) is 4.98 Å². The predicted molar refractivity (Wildman–Crippen MR) is 90.1 cm³/mol. The average molecular weight is 305 g/mol. The molecule has 0 spiro atoms. The van der Waals surface area contributed by atoms with E-state index in [0.717, 1.165) is 16.4 Å². The molecule has 0 atom stereocenters. The van der Waals surface area contributed by atoms with E-state index in [4.69, 9.17) is 0 Å². The maximum absolute atomic E-state index is 4.29. The summed E-state index contributed by atoms with van der Waals surface area (Å²) in [6.07, 6.45) is 4.34. The van der Waals surface area contributed by atoms with Crippen molar-refractivity contribution in [3.8, 4) is 0 Å². The minimum atomic E-state index is 0.825. The lowest BCUT2D eigenvalue weighted by Gasteiger charge is -2.00. The van der Waals surface area contributed by atoms with Crippen molar-refractivity contribution in [3.63, 3.8) is 0 Å². The van der Waals surface area contributed by atoms with Crippen LogP contribution in [0, 0.1) is 6.92 Å². The first-order valence-corrected chi connectivity index (χ1v) is 8.58. The predicted octanol–water partition coefficient (Wildman–Crippen LogP) is 4.79. The summed E-state index contributed by atoms with van der Waals surface area (Å²) >= 11 is 3.47. The molecule has 2 aromatic rings. The van der Waals surface area contributed by atoms with Crippen molar-refractivity contribution in [2.75, 3.05) is 11.2 Å². The summed E-state index contributed by atoms with van der Waals surface area (Å²) in [6.45, 7) is 4.19. The van der Waals surface area contributed by atoms with Crippen LogP contribution in [0.4, 0.5) is 5.13 Å². The molecule has 2 rings (SSSR count). The minimum Gasteiger partial charge on any atom is -0.253 e. The summed E-state index contributed by atoms with van der Waals surface area (Å²) in [6, 6.07) is 8.48. The van der Waals surface area contributed by atoms with Gasteiger partial charge >= 0.3 is 0 Å². The maximum atomic E-state index is 4.29. The van der Waals surface area contributed by atoms with E-state index in [1.54, 1.807) is 11.3 Å². The van der Waals surface area contributed by atoms with Crippen molar-refractivity contribution in [1.82, 2.24) is 4.98 Å². The third kappa shape index (κ3) is 4.98. The Bertz CT molecular complexity index is 547. The summed E-state index contributed by atoms with van der Waals surface area (Å²) < 4.78 is 0. The first-order valence-electron chi connectivity index (χ1n) is 6.72. The highest BCUT2D eigenvalue weighted by atomic mass is 32.2. The molecule has 106 valence electrons. The normalized spacial score (nSPS) is 11.1. The number of rotatable bonds is 7. The van der Waals surface area contributed by atoms with E-state index in [0.29, 0.717) is 0 Å². The standard InChI is InChI=1S/C15H19N3S2/c1-3-4-9-19-14-7-5-13(6-8-14)10-16-18-15-17-12(2)11-20-15/h5-8,10-11H,3-4,9H2,1-2H3,(H,17,18). The van der Waals surface area contributed by atoms with Crippen molar-refractivity contribution >= 4 is 34.4 Å². The van der Waals surface area contributed by atoms with Crippen LogP contribution in [-0.2, 0) is 0 Å². The zero-order chi connectivity index (χ0) is 14.2. The molecule has 0 unspecified atom stereocenters. The van der Waals surface area contributed by atoms with Gasteiger partial charge in [-0.1, -0.05) is 25.5 Å². The van der Waals surface area contributed by atoms with E-state index in [1.165, 1.54) is 23.5 Å². The lowest BCUT2D eigenvalue weighted by atomic mass is 10.2. The second-order valence-corrected chi connectivity index (χ2v) is 6.46. The maximum Gasteiger partial charge on any atom is 0.203 e. The average Bonchev–Trinajstić information content (AvgIpc) is 2.87. The molecule has 0 aliphatic carbocycles. The number of nitrogens with one attached hydrogen (secondary N) is 1. The van der Waals surface area contributed by atoms with Crippen molar-refractivity contribution in [3.05, 3.63) is 40.9 Å². The summed E-state index contributed by atoms with van der Waals surface area (Å²) in [5, 5.41) is 7.02. The minimum absolute atomic E-state index is 0.825. The Hall–Kier alpha value is -1.33. The number of thioether (sulfide) groups is 1. The van der Waals surface area contributed by atoms with Crippen molar-refractivity contribution in [2.24, 2.45) is 5.10 Å². The molecule has 1 heterocycles. The number of aromatic nitrogens is 1. The Morgan fingerprint density at radius 2 is 2.15 bits per heavy atom. The van der Waals surface area contributed by atoms with Crippen molar-refractivity contribution < 1.29 is 0 Å². The SMILES string of the molecule is CCCCSc1ccc(C=NNc2nc(C)cs2)cc1. The molecule has 20 heavy (non-hydrogen) atoms. The highest BCUT2D eigenvalue weighted by molar-refractivity contribution is 7.99. The molecule has 0 saturated carbocycles. The fourth-order valence-electron chi connectivity index (χ4n) is 1.55. The molecule has 0 radical (unpaired) electrons. The van der Waals surface area contributed by atoms with Gasteiger partial charge in [0.15, 0.2) is 0 Å². The van der Waals surface area contributed by atoms with Crippen LogP contribution in [0.2, 0.25) is 0 Å². The van der Waals surface area contributed by atoms with Crippen LogP contribution in [0.15, 0.2) is 39.6 Å². The van der Waals surface area contributed by atoms with Gasteiger partial charge < -0.3 is 0 Å². The van der Waals surface area contributed by atoms with Gasteiger partial charge in [0.25, 0.3) is 0 Å². The highest BCUT2D eigenvalue weighted by Gasteiger charge is 1.96.